The summed E-state index contributed by atoms with van der Waals surface area (Å²) in [7, 11) is 2.01. The van der Waals surface area contributed by atoms with E-state index in [-0.39, 0.29) is 0 Å². The third kappa shape index (κ3) is 3.13. The van der Waals surface area contributed by atoms with Crippen LogP contribution in [0.25, 0.3) is 15.8 Å². The molecule has 0 spiro atoms. The highest BCUT2D eigenvalue weighted by atomic mass is 32.1. The van der Waals surface area contributed by atoms with Gasteiger partial charge in [0.05, 0.1) is 10.2 Å². The van der Waals surface area contributed by atoms with Gasteiger partial charge in [-0.2, -0.15) is 0 Å². The summed E-state index contributed by atoms with van der Waals surface area (Å²) in [5.74, 6) is 0. The molecule has 126 valence electrons. The molecule has 0 fully saturated rings. The van der Waals surface area contributed by atoms with E-state index in [2.05, 4.69) is 40.6 Å². The van der Waals surface area contributed by atoms with Crippen molar-refractivity contribution >= 4 is 32.3 Å². The molecule has 0 unspecified atom stereocenters. The Labute approximate surface area is 148 Å². The Hall–Kier alpha value is -1.65. The van der Waals surface area contributed by atoms with Gasteiger partial charge in [-0.3, -0.25) is 0 Å². The molecule has 2 heterocycles. The van der Waals surface area contributed by atoms with Crippen LogP contribution in [0.4, 0.5) is 5.13 Å². The van der Waals surface area contributed by atoms with Crippen LogP contribution in [0.5, 0.6) is 0 Å². The van der Waals surface area contributed by atoms with Gasteiger partial charge in [0.1, 0.15) is 0 Å². The average molecular weight is 340 g/mol. The fourth-order valence-corrected chi connectivity index (χ4v) is 4.74. The lowest BCUT2D eigenvalue weighted by Gasteiger charge is -2.22. The standard InChI is InChI=1S/C20H25N3S/c1-21-14-17-12-16(15-8-4-2-5-9-15)13-18-19(17)22-20(24-18)23-10-6-3-7-11-23/h3,6,8,12-13,21H,2,4-5,7,9-11,14H2,1H3. The van der Waals surface area contributed by atoms with Crippen LogP contribution in [-0.4, -0.2) is 25.1 Å². The Bertz CT molecular complexity index is 788. The number of hydrogen-bond donors (Lipinski definition) is 1. The first-order valence-electron chi connectivity index (χ1n) is 9.02. The van der Waals surface area contributed by atoms with Gasteiger partial charge < -0.3 is 10.2 Å². The molecule has 0 atom stereocenters. The Morgan fingerprint density at radius 2 is 2.17 bits per heavy atom. The second-order valence-corrected chi connectivity index (χ2v) is 7.70. The molecule has 1 aromatic carbocycles. The van der Waals surface area contributed by atoms with Gasteiger partial charge in [-0.15, -0.1) is 0 Å². The number of nitrogens with one attached hydrogen (secondary N) is 1. The first-order chi connectivity index (χ1) is 11.8. The molecule has 2 aliphatic rings. The molecular weight excluding hydrogens is 314 g/mol. The van der Waals surface area contributed by atoms with E-state index in [4.69, 9.17) is 4.98 Å². The molecule has 1 aromatic heterocycles. The quantitative estimate of drug-likeness (QED) is 0.816. The molecule has 0 saturated carbocycles. The van der Waals surface area contributed by atoms with Gasteiger partial charge in [0, 0.05) is 19.6 Å². The number of aromatic nitrogens is 1. The average Bonchev–Trinajstić information content (AvgIpc) is 3.08. The van der Waals surface area contributed by atoms with Crippen molar-refractivity contribution in [1.29, 1.82) is 0 Å². The minimum absolute atomic E-state index is 0.876. The number of allylic oxidation sites excluding steroid dienone is 2. The van der Waals surface area contributed by atoms with Gasteiger partial charge in [-0.1, -0.05) is 29.6 Å². The van der Waals surface area contributed by atoms with Crippen molar-refractivity contribution in [3.63, 3.8) is 0 Å². The number of hydrogen-bond acceptors (Lipinski definition) is 4. The predicted molar refractivity (Wildman–Crippen MR) is 105 cm³/mol. The second-order valence-electron chi connectivity index (χ2n) is 6.69. The Morgan fingerprint density at radius 1 is 1.21 bits per heavy atom. The Kier molecular flexibility index (Phi) is 4.67. The molecule has 1 aliphatic carbocycles. The van der Waals surface area contributed by atoms with Crippen LogP contribution in [-0.2, 0) is 6.54 Å². The summed E-state index contributed by atoms with van der Waals surface area (Å²) in [5.41, 5.74) is 5.43. The fraction of sp³-hybridized carbons (Fsp3) is 0.450. The molecule has 0 amide bonds. The van der Waals surface area contributed by atoms with E-state index in [9.17, 15) is 0 Å². The Morgan fingerprint density at radius 3 is 2.92 bits per heavy atom. The topological polar surface area (TPSA) is 28.2 Å². The lowest BCUT2D eigenvalue weighted by atomic mass is 9.92. The summed E-state index contributed by atoms with van der Waals surface area (Å²) >= 11 is 1.85. The first kappa shape index (κ1) is 15.9. The summed E-state index contributed by atoms with van der Waals surface area (Å²) in [6.07, 6.45) is 13.2. The molecule has 0 radical (unpaired) electrons. The zero-order chi connectivity index (χ0) is 16.4. The van der Waals surface area contributed by atoms with Crippen molar-refractivity contribution in [2.75, 3.05) is 25.0 Å². The van der Waals surface area contributed by atoms with Crippen molar-refractivity contribution in [2.24, 2.45) is 0 Å². The van der Waals surface area contributed by atoms with Crippen molar-refractivity contribution < 1.29 is 0 Å². The van der Waals surface area contributed by atoms with E-state index in [0.717, 1.165) is 26.1 Å². The predicted octanol–water partition coefficient (Wildman–Crippen LogP) is 4.74. The second kappa shape index (κ2) is 7.08. The van der Waals surface area contributed by atoms with Gasteiger partial charge in [-0.25, -0.2) is 4.98 Å². The number of nitrogens with zero attached hydrogens (tertiary/aromatic N) is 2. The minimum Gasteiger partial charge on any atom is -0.344 e. The molecule has 4 rings (SSSR count). The van der Waals surface area contributed by atoms with E-state index in [1.165, 1.54) is 57.7 Å². The lowest BCUT2D eigenvalue weighted by Crippen LogP contribution is -2.26. The van der Waals surface area contributed by atoms with E-state index in [1.807, 2.05) is 18.4 Å². The third-order valence-corrected chi connectivity index (χ3v) is 5.98. The molecule has 2 aromatic rings. The summed E-state index contributed by atoms with van der Waals surface area (Å²) in [6, 6.07) is 4.72. The highest BCUT2D eigenvalue weighted by Gasteiger charge is 2.17. The van der Waals surface area contributed by atoms with Crippen LogP contribution in [0.3, 0.4) is 0 Å². The molecule has 0 saturated heterocycles. The zero-order valence-corrected chi connectivity index (χ0v) is 15.2. The van der Waals surface area contributed by atoms with Crippen LogP contribution in [0.1, 0.15) is 43.2 Å². The summed E-state index contributed by atoms with van der Waals surface area (Å²) in [6.45, 7) is 2.94. The zero-order valence-electron chi connectivity index (χ0n) is 14.3. The highest BCUT2D eigenvalue weighted by molar-refractivity contribution is 7.22. The summed E-state index contributed by atoms with van der Waals surface area (Å²) in [5, 5.41) is 4.48. The molecule has 1 aliphatic heterocycles. The van der Waals surface area contributed by atoms with E-state index < -0.39 is 0 Å². The maximum absolute atomic E-state index is 4.99. The van der Waals surface area contributed by atoms with Crippen molar-refractivity contribution in [3.05, 3.63) is 41.5 Å². The molecule has 3 nitrogen and oxygen atoms in total. The molecule has 24 heavy (non-hydrogen) atoms. The summed E-state index contributed by atoms with van der Waals surface area (Å²) in [4.78, 5) is 7.39. The largest absolute Gasteiger partial charge is 0.344 e. The molecule has 4 heteroatoms. The van der Waals surface area contributed by atoms with Crippen LogP contribution >= 0.6 is 11.3 Å². The van der Waals surface area contributed by atoms with Crippen LogP contribution in [0, 0.1) is 0 Å². The fourth-order valence-electron chi connectivity index (χ4n) is 3.65. The highest BCUT2D eigenvalue weighted by Crippen LogP contribution is 2.36. The van der Waals surface area contributed by atoms with Gasteiger partial charge >= 0.3 is 0 Å². The molecular formula is C20H25N3S. The van der Waals surface area contributed by atoms with Crippen molar-refractivity contribution in [3.8, 4) is 0 Å². The number of fused-ring (bicyclic) bond motifs is 1. The van der Waals surface area contributed by atoms with Gasteiger partial charge in [0.2, 0.25) is 0 Å². The van der Waals surface area contributed by atoms with Crippen LogP contribution in [0.15, 0.2) is 30.4 Å². The number of anilines is 1. The number of rotatable bonds is 4. The van der Waals surface area contributed by atoms with E-state index in [1.54, 1.807) is 0 Å². The number of benzene rings is 1. The smallest absolute Gasteiger partial charge is 0.186 e. The van der Waals surface area contributed by atoms with Crippen molar-refractivity contribution in [1.82, 2.24) is 10.3 Å². The minimum atomic E-state index is 0.876. The van der Waals surface area contributed by atoms with E-state index >= 15 is 0 Å². The first-order valence-corrected chi connectivity index (χ1v) is 9.84. The van der Waals surface area contributed by atoms with Gasteiger partial charge in [0.25, 0.3) is 0 Å². The third-order valence-electron chi connectivity index (χ3n) is 4.92. The van der Waals surface area contributed by atoms with Crippen LogP contribution < -0.4 is 10.2 Å². The summed E-state index contributed by atoms with van der Waals surface area (Å²) < 4.78 is 1.33. The van der Waals surface area contributed by atoms with Crippen LogP contribution in [0.2, 0.25) is 0 Å². The maximum Gasteiger partial charge on any atom is 0.186 e. The van der Waals surface area contributed by atoms with E-state index in [0.29, 0.717) is 0 Å². The normalized spacial score (nSPS) is 18.2. The number of thiazole rings is 1. The van der Waals surface area contributed by atoms with Gasteiger partial charge in [-0.05, 0) is 68.0 Å². The monoisotopic (exact) mass is 339 g/mol. The lowest BCUT2D eigenvalue weighted by molar-refractivity contribution is 0.742. The molecule has 1 N–H and O–H groups in total. The van der Waals surface area contributed by atoms with Crippen molar-refractivity contribution in [2.45, 2.75) is 38.6 Å². The maximum atomic E-state index is 4.99. The Balaban J connectivity index is 1.77. The SMILES string of the molecule is CNCc1cc(C2=CCCCC2)cc2sc(N3CC=CCC3)nc12. The molecule has 0 bridgehead atoms. The van der Waals surface area contributed by atoms with Gasteiger partial charge in [0.15, 0.2) is 5.13 Å².